The Morgan fingerprint density at radius 2 is 1.88 bits per heavy atom. The molecule has 0 bridgehead atoms. The van der Waals surface area contributed by atoms with E-state index in [4.69, 9.17) is 9.84 Å². The molecule has 0 aromatic carbocycles. The highest BCUT2D eigenvalue weighted by Gasteiger charge is 2.36. The van der Waals surface area contributed by atoms with Gasteiger partial charge >= 0.3 is 5.97 Å². The minimum atomic E-state index is -1.17. The summed E-state index contributed by atoms with van der Waals surface area (Å²) in [7, 11) is 0. The van der Waals surface area contributed by atoms with Crippen LogP contribution in [0.5, 0.6) is 0 Å². The Labute approximate surface area is 96.4 Å². The zero-order valence-electron chi connectivity index (χ0n) is 10.4. The van der Waals surface area contributed by atoms with Crippen molar-refractivity contribution in [3.05, 3.63) is 0 Å². The molecule has 1 N–H and O–H groups in total. The second-order valence-corrected chi connectivity index (χ2v) is 3.95. The van der Waals surface area contributed by atoms with E-state index in [0.717, 1.165) is 0 Å². The van der Waals surface area contributed by atoms with E-state index < -0.39 is 11.5 Å². The first-order valence-corrected chi connectivity index (χ1v) is 5.49. The Bertz CT molecular complexity index is 250. The molecule has 1 amide bonds. The van der Waals surface area contributed by atoms with Crippen molar-refractivity contribution in [2.75, 3.05) is 19.8 Å². The van der Waals surface area contributed by atoms with Crippen LogP contribution in [0, 0.1) is 0 Å². The SMILES string of the molecule is CCOCCC(=O)N(CC)C(C)(C)C(=O)O. The Hall–Kier alpha value is -1.10. The van der Waals surface area contributed by atoms with Gasteiger partial charge in [0, 0.05) is 13.2 Å². The second-order valence-electron chi connectivity index (χ2n) is 3.95. The molecule has 0 aromatic heterocycles. The van der Waals surface area contributed by atoms with Crippen LogP contribution in [0.2, 0.25) is 0 Å². The van der Waals surface area contributed by atoms with E-state index in [-0.39, 0.29) is 12.3 Å². The zero-order chi connectivity index (χ0) is 12.8. The third-order valence-electron chi connectivity index (χ3n) is 2.48. The van der Waals surface area contributed by atoms with Gasteiger partial charge < -0.3 is 14.7 Å². The summed E-state index contributed by atoms with van der Waals surface area (Å²) in [5.41, 5.74) is -1.17. The molecule has 94 valence electrons. The molecule has 0 rings (SSSR count). The van der Waals surface area contributed by atoms with E-state index in [0.29, 0.717) is 19.8 Å². The molecule has 0 radical (unpaired) electrons. The maximum absolute atomic E-state index is 11.8. The summed E-state index contributed by atoms with van der Waals surface area (Å²) in [5, 5.41) is 9.04. The number of aliphatic carboxylic acids is 1. The van der Waals surface area contributed by atoms with Crippen LogP contribution in [-0.4, -0.2) is 47.2 Å². The molecular formula is C11H21NO4. The van der Waals surface area contributed by atoms with Crippen molar-refractivity contribution >= 4 is 11.9 Å². The quantitative estimate of drug-likeness (QED) is 0.667. The molecule has 0 unspecified atom stereocenters. The molecule has 0 aliphatic heterocycles. The predicted octanol–water partition coefficient (Wildman–Crippen LogP) is 1.12. The molecule has 0 heterocycles. The fourth-order valence-electron chi connectivity index (χ4n) is 1.44. The summed E-state index contributed by atoms with van der Waals surface area (Å²) in [6.07, 6.45) is 0.221. The van der Waals surface area contributed by atoms with Crippen molar-refractivity contribution in [1.29, 1.82) is 0 Å². The van der Waals surface area contributed by atoms with Crippen molar-refractivity contribution < 1.29 is 19.4 Å². The zero-order valence-corrected chi connectivity index (χ0v) is 10.4. The van der Waals surface area contributed by atoms with Gasteiger partial charge in [0.15, 0.2) is 0 Å². The molecule has 0 spiro atoms. The molecule has 0 fully saturated rings. The number of carbonyl (C=O) groups is 2. The van der Waals surface area contributed by atoms with Crippen molar-refractivity contribution in [3.8, 4) is 0 Å². The summed E-state index contributed by atoms with van der Waals surface area (Å²) in [6.45, 7) is 7.94. The smallest absolute Gasteiger partial charge is 0.329 e. The van der Waals surface area contributed by atoms with Gasteiger partial charge in [-0.3, -0.25) is 4.79 Å². The number of nitrogens with zero attached hydrogens (tertiary/aromatic N) is 1. The van der Waals surface area contributed by atoms with Crippen LogP contribution in [0.15, 0.2) is 0 Å². The lowest BCUT2D eigenvalue weighted by atomic mass is 10.0. The molecule has 0 aliphatic carbocycles. The largest absolute Gasteiger partial charge is 0.480 e. The van der Waals surface area contributed by atoms with E-state index in [1.165, 1.54) is 18.7 Å². The topological polar surface area (TPSA) is 66.8 Å². The average molecular weight is 231 g/mol. The predicted molar refractivity (Wildman–Crippen MR) is 60.2 cm³/mol. The molecule has 5 nitrogen and oxygen atoms in total. The normalized spacial score (nSPS) is 11.2. The monoisotopic (exact) mass is 231 g/mol. The highest BCUT2D eigenvalue weighted by atomic mass is 16.5. The molecule has 16 heavy (non-hydrogen) atoms. The van der Waals surface area contributed by atoms with E-state index in [1.54, 1.807) is 6.92 Å². The Morgan fingerprint density at radius 1 is 1.31 bits per heavy atom. The van der Waals surface area contributed by atoms with Crippen LogP contribution < -0.4 is 0 Å². The Balaban J connectivity index is 4.48. The number of ether oxygens (including phenoxy) is 1. The molecular weight excluding hydrogens is 210 g/mol. The summed E-state index contributed by atoms with van der Waals surface area (Å²) >= 11 is 0. The highest BCUT2D eigenvalue weighted by Crippen LogP contribution is 2.15. The van der Waals surface area contributed by atoms with Crippen molar-refractivity contribution in [2.24, 2.45) is 0 Å². The number of likely N-dealkylation sites (N-methyl/N-ethyl adjacent to an activating group) is 1. The van der Waals surface area contributed by atoms with Crippen molar-refractivity contribution in [2.45, 2.75) is 39.7 Å². The number of hydrogen-bond donors (Lipinski definition) is 1. The lowest BCUT2D eigenvalue weighted by Gasteiger charge is -2.34. The van der Waals surface area contributed by atoms with Crippen LogP contribution in [0.4, 0.5) is 0 Å². The van der Waals surface area contributed by atoms with Crippen LogP contribution >= 0.6 is 0 Å². The van der Waals surface area contributed by atoms with Gasteiger partial charge in [0.2, 0.25) is 5.91 Å². The second kappa shape index (κ2) is 6.48. The first-order chi connectivity index (χ1) is 7.37. The minimum absolute atomic E-state index is 0.191. The first kappa shape index (κ1) is 14.9. The first-order valence-electron chi connectivity index (χ1n) is 5.49. The number of carbonyl (C=O) groups excluding carboxylic acids is 1. The summed E-state index contributed by atoms with van der Waals surface area (Å²) in [5.74, 6) is -1.19. The standard InChI is InChI=1S/C11H21NO4/c1-5-12(11(3,4)10(14)15)9(13)7-8-16-6-2/h5-8H2,1-4H3,(H,14,15). The molecule has 0 aromatic rings. The van der Waals surface area contributed by atoms with Crippen molar-refractivity contribution in [1.82, 2.24) is 4.90 Å². The molecule has 0 atom stereocenters. The van der Waals surface area contributed by atoms with E-state index in [9.17, 15) is 9.59 Å². The fourth-order valence-corrected chi connectivity index (χ4v) is 1.44. The number of carboxylic acids is 1. The van der Waals surface area contributed by atoms with Gasteiger partial charge in [0.25, 0.3) is 0 Å². The molecule has 5 heteroatoms. The van der Waals surface area contributed by atoms with Gasteiger partial charge in [-0.05, 0) is 27.7 Å². The van der Waals surface area contributed by atoms with Crippen molar-refractivity contribution in [3.63, 3.8) is 0 Å². The number of hydrogen-bond acceptors (Lipinski definition) is 3. The highest BCUT2D eigenvalue weighted by molar-refractivity contribution is 5.86. The Kier molecular flexibility index (Phi) is 6.03. The van der Waals surface area contributed by atoms with Gasteiger partial charge in [-0.15, -0.1) is 0 Å². The van der Waals surface area contributed by atoms with Gasteiger partial charge in [-0.25, -0.2) is 4.79 Å². The Morgan fingerprint density at radius 3 is 2.25 bits per heavy atom. The van der Waals surface area contributed by atoms with Gasteiger partial charge in [-0.2, -0.15) is 0 Å². The van der Waals surface area contributed by atoms with E-state index >= 15 is 0 Å². The lowest BCUT2D eigenvalue weighted by molar-refractivity contribution is -0.157. The number of rotatable bonds is 7. The van der Waals surface area contributed by atoms with Gasteiger partial charge in [-0.1, -0.05) is 0 Å². The third-order valence-corrected chi connectivity index (χ3v) is 2.48. The molecule has 0 aliphatic rings. The summed E-state index contributed by atoms with van der Waals surface area (Å²) < 4.78 is 5.08. The minimum Gasteiger partial charge on any atom is -0.480 e. The maximum atomic E-state index is 11.8. The maximum Gasteiger partial charge on any atom is 0.329 e. The van der Waals surface area contributed by atoms with Gasteiger partial charge in [0.1, 0.15) is 5.54 Å². The van der Waals surface area contributed by atoms with E-state index in [1.807, 2.05) is 6.92 Å². The molecule has 0 saturated carbocycles. The van der Waals surface area contributed by atoms with Crippen LogP contribution in [0.3, 0.4) is 0 Å². The van der Waals surface area contributed by atoms with Crippen LogP contribution in [0.25, 0.3) is 0 Å². The molecule has 0 saturated heterocycles. The van der Waals surface area contributed by atoms with Gasteiger partial charge in [0.05, 0.1) is 13.0 Å². The van der Waals surface area contributed by atoms with E-state index in [2.05, 4.69) is 0 Å². The lowest BCUT2D eigenvalue weighted by Crippen LogP contribution is -2.53. The van der Waals surface area contributed by atoms with Crippen LogP contribution in [0.1, 0.15) is 34.1 Å². The number of amides is 1. The van der Waals surface area contributed by atoms with Crippen LogP contribution in [-0.2, 0) is 14.3 Å². The average Bonchev–Trinajstić information content (AvgIpc) is 2.18. The number of carboxylic acid groups (broad SMARTS) is 1. The fraction of sp³-hybridized carbons (Fsp3) is 0.818. The summed E-state index contributed by atoms with van der Waals surface area (Å²) in [4.78, 5) is 24.2. The summed E-state index contributed by atoms with van der Waals surface area (Å²) in [6, 6.07) is 0. The third kappa shape index (κ3) is 3.81.